The van der Waals surface area contributed by atoms with E-state index >= 15 is 0 Å². The average molecular weight is 245 g/mol. The van der Waals surface area contributed by atoms with Gasteiger partial charge in [-0.25, -0.2) is 0 Å². The maximum absolute atomic E-state index is 10.5. The molecule has 0 bridgehead atoms. The van der Waals surface area contributed by atoms with Crippen molar-refractivity contribution in [3.05, 3.63) is 28.8 Å². The fraction of sp³-hybridized carbons (Fsp3) is 0.364. The number of aliphatic hydroxyl groups excluding tert-OH is 1. The second-order valence-corrected chi connectivity index (χ2v) is 4.90. The molecule has 82 valence electrons. The second-order valence-electron chi connectivity index (χ2n) is 3.40. The smallest absolute Gasteiger partial charge is 0.151 e. The van der Waals surface area contributed by atoms with E-state index < -0.39 is 0 Å². The maximum Gasteiger partial charge on any atom is 0.151 e. The summed E-state index contributed by atoms with van der Waals surface area (Å²) in [6.07, 6.45) is 0.743. The van der Waals surface area contributed by atoms with Crippen molar-refractivity contribution in [1.82, 2.24) is 0 Å². The van der Waals surface area contributed by atoms with Crippen LogP contribution in [0, 0.1) is 5.92 Å². The normalized spacial score (nSPS) is 12.5. The SMILES string of the molecule is CC(CO)CSc1ccc(C=O)c(Cl)c1. The summed E-state index contributed by atoms with van der Waals surface area (Å²) in [4.78, 5) is 11.5. The van der Waals surface area contributed by atoms with Crippen LogP contribution in [0.3, 0.4) is 0 Å². The Bertz CT molecular complexity index is 341. The minimum Gasteiger partial charge on any atom is -0.396 e. The van der Waals surface area contributed by atoms with Gasteiger partial charge in [0.1, 0.15) is 0 Å². The summed E-state index contributed by atoms with van der Waals surface area (Å²) in [5.41, 5.74) is 0.510. The molecule has 0 fully saturated rings. The van der Waals surface area contributed by atoms with Crippen LogP contribution in [0.25, 0.3) is 0 Å². The highest BCUT2D eigenvalue weighted by Crippen LogP contribution is 2.25. The fourth-order valence-corrected chi connectivity index (χ4v) is 2.22. The Morgan fingerprint density at radius 3 is 2.87 bits per heavy atom. The van der Waals surface area contributed by atoms with Crippen LogP contribution in [-0.2, 0) is 0 Å². The van der Waals surface area contributed by atoms with E-state index in [9.17, 15) is 4.79 Å². The van der Waals surface area contributed by atoms with Crippen molar-refractivity contribution in [3.63, 3.8) is 0 Å². The average Bonchev–Trinajstić information content (AvgIpc) is 2.26. The largest absolute Gasteiger partial charge is 0.396 e. The number of hydrogen-bond acceptors (Lipinski definition) is 3. The molecule has 1 atom stereocenters. The van der Waals surface area contributed by atoms with E-state index in [1.807, 2.05) is 13.0 Å². The fourth-order valence-electron chi connectivity index (χ4n) is 0.984. The maximum atomic E-state index is 10.5. The van der Waals surface area contributed by atoms with Crippen LogP contribution in [-0.4, -0.2) is 23.8 Å². The third-order valence-corrected chi connectivity index (χ3v) is 3.60. The van der Waals surface area contributed by atoms with Gasteiger partial charge in [-0.15, -0.1) is 11.8 Å². The lowest BCUT2D eigenvalue weighted by Crippen LogP contribution is -2.03. The zero-order valence-electron chi connectivity index (χ0n) is 8.44. The van der Waals surface area contributed by atoms with Gasteiger partial charge in [-0.2, -0.15) is 0 Å². The third kappa shape index (κ3) is 3.86. The van der Waals surface area contributed by atoms with Crippen molar-refractivity contribution >= 4 is 29.6 Å². The van der Waals surface area contributed by atoms with Gasteiger partial charge < -0.3 is 5.11 Å². The van der Waals surface area contributed by atoms with Crippen molar-refractivity contribution in [3.8, 4) is 0 Å². The number of aliphatic hydroxyl groups is 1. The number of rotatable bonds is 5. The van der Waals surface area contributed by atoms with Crippen LogP contribution in [0.1, 0.15) is 17.3 Å². The van der Waals surface area contributed by atoms with E-state index in [4.69, 9.17) is 16.7 Å². The van der Waals surface area contributed by atoms with Gasteiger partial charge in [0.2, 0.25) is 0 Å². The van der Waals surface area contributed by atoms with Crippen molar-refractivity contribution in [1.29, 1.82) is 0 Å². The number of halogens is 1. The van der Waals surface area contributed by atoms with Crippen molar-refractivity contribution < 1.29 is 9.90 Å². The summed E-state index contributed by atoms with van der Waals surface area (Å²) in [6.45, 7) is 2.17. The number of carbonyl (C=O) groups excluding carboxylic acids is 1. The van der Waals surface area contributed by atoms with Crippen molar-refractivity contribution in [2.45, 2.75) is 11.8 Å². The van der Waals surface area contributed by atoms with Gasteiger partial charge in [-0.05, 0) is 24.1 Å². The van der Waals surface area contributed by atoms with Crippen molar-refractivity contribution in [2.24, 2.45) is 5.92 Å². The number of benzene rings is 1. The number of carbonyl (C=O) groups is 1. The zero-order valence-corrected chi connectivity index (χ0v) is 10.0. The molecule has 0 spiro atoms. The van der Waals surface area contributed by atoms with Gasteiger partial charge in [0, 0.05) is 22.8 Å². The molecule has 0 aromatic heterocycles. The van der Waals surface area contributed by atoms with E-state index in [0.717, 1.165) is 16.9 Å². The van der Waals surface area contributed by atoms with Crippen LogP contribution in [0.2, 0.25) is 5.02 Å². The Morgan fingerprint density at radius 2 is 2.33 bits per heavy atom. The molecule has 1 aromatic rings. The van der Waals surface area contributed by atoms with Gasteiger partial charge in [-0.1, -0.05) is 18.5 Å². The summed E-state index contributed by atoms with van der Waals surface area (Å²) in [5.74, 6) is 1.10. The molecule has 0 radical (unpaired) electrons. The molecular weight excluding hydrogens is 232 g/mol. The first-order valence-corrected chi connectivity index (χ1v) is 6.02. The molecule has 0 heterocycles. The standard InChI is InChI=1S/C11H13ClO2S/c1-8(5-13)7-15-10-3-2-9(6-14)11(12)4-10/h2-4,6,8,13H,5,7H2,1H3. The summed E-state index contributed by atoms with van der Waals surface area (Å²) in [6, 6.07) is 5.35. The van der Waals surface area contributed by atoms with Gasteiger partial charge in [0.25, 0.3) is 0 Å². The number of thioether (sulfide) groups is 1. The van der Waals surface area contributed by atoms with E-state index in [-0.39, 0.29) is 12.5 Å². The summed E-state index contributed by atoms with van der Waals surface area (Å²) >= 11 is 7.51. The van der Waals surface area contributed by atoms with Gasteiger partial charge in [-0.3, -0.25) is 4.79 Å². The Kier molecular flexibility index (Phi) is 5.15. The van der Waals surface area contributed by atoms with Gasteiger partial charge in [0.15, 0.2) is 6.29 Å². The van der Waals surface area contributed by atoms with Crippen molar-refractivity contribution in [2.75, 3.05) is 12.4 Å². The first-order chi connectivity index (χ1) is 7.17. The lowest BCUT2D eigenvalue weighted by Gasteiger charge is -2.07. The second kappa shape index (κ2) is 6.16. The minimum atomic E-state index is 0.188. The Balaban J connectivity index is 2.63. The highest BCUT2D eigenvalue weighted by molar-refractivity contribution is 7.99. The Morgan fingerprint density at radius 1 is 1.60 bits per heavy atom. The molecule has 0 aliphatic rings. The molecule has 1 rings (SSSR count). The third-order valence-electron chi connectivity index (χ3n) is 1.95. The van der Waals surface area contributed by atoms with Crippen LogP contribution in [0.5, 0.6) is 0 Å². The minimum absolute atomic E-state index is 0.188. The predicted molar refractivity (Wildman–Crippen MR) is 63.8 cm³/mol. The van der Waals surface area contributed by atoms with Crippen LogP contribution >= 0.6 is 23.4 Å². The molecule has 0 saturated carbocycles. The van der Waals surface area contributed by atoms with Crippen LogP contribution in [0.15, 0.2) is 23.1 Å². The molecule has 0 saturated heterocycles. The molecule has 2 nitrogen and oxygen atoms in total. The molecular formula is C11H13ClO2S. The van der Waals surface area contributed by atoms with Gasteiger partial charge in [0.05, 0.1) is 5.02 Å². The van der Waals surface area contributed by atoms with E-state index in [1.165, 1.54) is 0 Å². The first kappa shape index (κ1) is 12.6. The predicted octanol–water partition coefficient (Wildman–Crippen LogP) is 2.87. The summed E-state index contributed by atoms with van der Waals surface area (Å²) in [7, 11) is 0. The van der Waals surface area contributed by atoms with Gasteiger partial charge >= 0.3 is 0 Å². The monoisotopic (exact) mass is 244 g/mol. The topological polar surface area (TPSA) is 37.3 Å². The summed E-state index contributed by atoms with van der Waals surface area (Å²) in [5, 5.41) is 9.34. The van der Waals surface area contributed by atoms with E-state index in [0.29, 0.717) is 10.6 Å². The zero-order chi connectivity index (χ0) is 11.3. The lowest BCUT2D eigenvalue weighted by atomic mass is 10.2. The molecule has 0 aliphatic carbocycles. The molecule has 0 amide bonds. The highest BCUT2D eigenvalue weighted by atomic mass is 35.5. The Hall–Kier alpha value is -0.510. The summed E-state index contributed by atoms with van der Waals surface area (Å²) < 4.78 is 0. The lowest BCUT2D eigenvalue weighted by molar-refractivity contribution is 0.112. The first-order valence-electron chi connectivity index (χ1n) is 4.65. The van der Waals surface area contributed by atoms with Crippen LogP contribution < -0.4 is 0 Å². The molecule has 15 heavy (non-hydrogen) atoms. The molecule has 1 unspecified atom stereocenters. The van der Waals surface area contributed by atoms with E-state index in [1.54, 1.807) is 23.9 Å². The molecule has 1 N–H and O–H groups in total. The Labute approximate surface area is 98.6 Å². The van der Waals surface area contributed by atoms with E-state index in [2.05, 4.69) is 0 Å². The number of aldehydes is 1. The highest BCUT2D eigenvalue weighted by Gasteiger charge is 2.04. The number of hydrogen-bond donors (Lipinski definition) is 1. The molecule has 0 aliphatic heterocycles. The van der Waals surface area contributed by atoms with Crippen LogP contribution in [0.4, 0.5) is 0 Å². The molecule has 1 aromatic carbocycles. The quantitative estimate of drug-likeness (QED) is 0.639. The molecule has 4 heteroatoms.